The number of rotatable bonds is 2. The van der Waals surface area contributed by atoms with E-state index in [0.717, 1.165) is 0 Å². The van der Waals surface area contributed by atoms with Gasteiger partial charge in [0.15, 0.2) is 0 Å². The van der Waals surface area contributed by atoms with Crippen molar-refractivity contribution < 1.29 is 9.90 Å². The minimum Gasteiger partial charge on any atom is -0.478 e. The molecule has 0 aliphatic rings. The van der Waals surface area contributed by atoms with E-state index in [1.165, 1.54) is 33.8 Å². The molecular weight excluding hydrogens is 210 g/mol. The van der Waals surface area contributed by atoms with E-state index in [4.69, 9.17) is 5.11 Å². The Kier molecular flexibility index (Phi) is 2.32. The summed E-state index contributed by atoms with van der Waals surface area (Å²) in [5.74, 6) is -0.552. The standard InChI is InChI=1S/C10H9N3O3/c1-12-8(4-5-11-12)13-6-7(10(15)16)2-3-9(13)14/h2-6H,1H3,(H,15,16). The van der Waals surface area contributed by atoms with Gasteiger partial charge in [-0.15, -0.1) is 0 Å². The summed E-state index contributed by atoms with van der Waals surface area (Å²) in [6.45, 7) is 0. The molecule has 0 spiro atoms. The molecule has 6 heteroatoms. The number of carbonyl (C=O) groups is 1. The van der Waals surface area contributed by atoms with Gasteiger partial charge in [-0.1, -0.05) is 0 Å². The first kappa shape index (κ1) is 10.2. The number of carboxylic acid groups (broad SMARTS) is 1. The molecule has 0 aliphatic carbocycles. The van der Waals surface area contributed by atoms with E-state index < -0.39 is 5.97 Å². The maximum absolute atomic E-state index is 11.6. The topological polar surface area (TPSA) is 77.1 Å². The molecule has 2 aromatic heterocycles. The normalized spacial score (nSPS) is 10.3. The van der Waals surface area contributed by atoms with Crippen LogP contribution < -0.4 is 5.56 Å². The first-order chi connectivity index (χ1) is 7.59. The lowest BCUT2D eigenvalue weighted by atomic mass is 10.3. The highest BCUT2D eigenvalue weighted by molar-refractivity contribution is 5.87. The van der Waals surface area contributed by atoms with Gasteiger partial charge < -0.3 is 5.11 Å². The van der Waals surface area contributed by atoms with Gasteiger partial charge in [-0.3, -0.25) is 14.0 Å². The molecule has 2 heterocycles. The zero-order valence-electron chi connectivity index (χ0n) is 8.49. The zero-order valence-corrected chi connectivity index (χ0v) is 8.49. The lowest BCUT2D eigenvalue weighted by Gasteiger charge is -2.05. The summed E-state index contributed by atoms with van der Waals surface area (Å²) in [6, 6.07) is 4.13. The smallest absolute Gasteiger partial charge is 0.337 e. The molecule has 82 valence electrons. The quantitative estimate of drug-likeness (QED) is 0.786. The molecule has 2 rings (SSSR count). The Labute approximate surface area is 90.4 Å². The van der Waals surface area contributed by atoms with Crippen molar-refractivity contribution in [3.63, 3.8) is 0 Å². The van der Waals surface area contributed by atoms with Crippen LogP contribution in [0.4, 0.5) is 0 Å². The van der Waals surface area contributed by atoms with Gasteiger partial charge in [-0.05, 0) is 6.07 Å². The van der Waals surface area contributed by atoms with Crippen molar-refractivity contribution in [1.29, 1.82) is 0 Å². The van der Waals surface area contributed by atoms with Gasteiger partial charge in [0.05, 0.1) is 11.8 Å². The highest BCUT2D eigenvalue weighted by Gasteiger charge is 2.08. The third kappa shape index (κ3) is 1.60. The van der Waals surface area contributed by atoms with Crippen molar-refractivity contribution in [1.82, 2.24) is 14.3 Å². The average Bonchev–Trinajstić information content (AvgIpc) is 2.65. The van der Waals surface area contributed by atoms with Crippen molar-refractivity contribution >= 4 is 5.97 Å². The van der Waals surface area contributed by atoms with Gasteiger partial charge in [0.2, 0.25) is 0 Å². The molecule has 0 saturated carbocycles. The van der Waals surface area contributed by atoms with Crippen molar-refractivity contribution in [2.45, 2.75) is 0 Å². The summed E-state index contributed by atoms with van der Waals surface area (Å²) in [5.41, 5.74) is -0.241. The summed E-state index contributed by atoms with van der Waals surface area (Å²) in [4.78, 5) is 22.4. The Morgan fingerprint density at radius 2 is 2.12 bits per heavy atom. The predicted octanol–water partition coefficient (Wildman–Crippen LogP) is 0.269. The SMILES string of the molecule is Cn1nccc1-n1cc(C(=O)O)ccc1=O. The highest BCUT2D eigenvalue weighted by Crippen LogP contribution is 2.04. The summed E-state index contributed by atoms with van der Waals surface area (Å²) in [5, 5.41) is 12.7. The second kappa shape index (κ2) is 3.65. The second-order valence-electron chi connectivity index (χ2n) is 3.24. The lowest BCUT2D eigenvalue weighted by molar-refractivity contribution is 0.0696. The van der Waals surface area contributed by atoms with Crippen molar-refractivity contribution in [2.24, 2.45) is 7.05 Å². The van der Waals surface area contributed by atoms with E-state index in [2.05, 4.69) is 5.10 Å². The van der Waals surface area contributed by atoms with Crippen LogP contribution >= 0.6 is 0 Å². The number of carboxylic acids is 1. The van der Waals surface area contributed by atoms with Crippen LogP contribution in [0.5, 0.6) is 0 Å². The van der Waals surface area contributed by atoms with Crippen molar-refractivity contribution in [3.8, 4) is 5.82 Å². The predicted molar refractivity (Wildman–Crippen MR) is 55.8 cm³/mol. The van der Waals surface area contributed by atoms with Gasteiger partial charge in [0, 0.05) is 25.4 Å². The van der Waals surface area contributed by atoms with E-state index >= 15 is 0 Å². The molecular formula is C10H9N3O3. The van der Waals surface area contributed by atoms with Gasteiger partial charge >= 0.3 is 5.97 Å². The average molecular weight is 219 g/mol. The lowest BCUT2D eigenvalue weighted by Crippen LogP contribution is -2.20. The Morgan fingerprint density at radius 1 is 1.38 bits per heavy atom. The molecule has 0 saturated heterocycles. The van der Waals surface area contributed by atoms with Crippen LogP contribution in [0.15, 0.2) is 35.4 Å². The molecule has 0 radical (unpaired) electrons. The van der Waals surface area contributed by atoms with Crippen LogP contribution in [0.3, 0.4) is 0 Å². The number of nitrogens with zero attached hydrogens (tertiary/aromatic N) is 3. The molecule has 0 fully saturated rings. The van der Waals surface area contributed by atoms with Crippen LogP contribution in [0.1, 0.15) is 10.4 Å². The van der Waals surface area contributed by atoms with E-state index in [9.17, 15) is 9.59 Å². The zero-order chi connectivity index (χ0) is 11.7. The Bertz CT molecular complexity index is 597. The molecule has 0 aromatic carbocycles. The molecule has 1 N–H and O–H groups in total. The Morgan fingerprint density at radius 3 is 2.69 bits per heavy atom. The molecule has 0 atom stereocenters. The maximum Gasteiger partial charge on any atom is 0.337 e. The monoisotopic (exact) mass is 219 g/mol. The molecule has 6 nitrogen and oxygen atoms in total. The number of aromatic nitrogens is 3. The Balaban J connectivity index is 2.65. The number of hydrogen-bond acceptors (Lipinski definition) is 3. The fourth-order valence-corrected chi connectivity index (χ4v) is 1.40. The fraction of sp³-hybridized carbons (Fsp3) is 0.100. The molecule has 0 bridgehead atoms. The minimum absolute atomic E-state index is 0.0563. The van der Waals surface area contributed by atoms with Gasteiger partial charge in [0.25, 0.3) is 5.56 Å². The maximum atomic E-state index is 11.6. The summed E-state index contributed by atoms with van der Waals surface area (Å²) >= 11 is 0. The fourth-order valence-electron chi connectivity index (χ4n) is 1.40. The number of pyridine rings is 1. The first-order valence-electron chi connectivity index (χ1n) is 4.54. The number of aryl methyl sites for hydroxylation is 1. The molecule has 0 unspecified atom stereocenters. The van der Waals surface area contributed by atoms with E-state index in [1.807, 2.05) is 0 Å². The highest BCUT2D eigenvalue weighted by atomic mass is 16.4. The van der Waals surface area contributed by atoms with Crippen molar-refractivity contribution in [3.05, 3.63) is 46.5 Å². The van der Waals surface area contributed by atoms with E-state index in [-0.39, 0.29) is 11.1 Å². The van der Waals surface area contributed by atoms with Crippen LogP contribution in [0.25, 0.3) is 5.82 Å². The molecule has 0 amide bonds. The Hall–Kier alpha value is -2.37. The van der Waals surface area contributed by atoms with Crippen LogP contribution in [-0.2, 0) is 7.05 Å². The molecule has 16 heavy (non-hydrogen) atoms. The van der Waals surface area contributed by atoms with Crippen LogP contribution in [0.2, 0.25) is 0 Å². The molecule has 0 aliphatic heterocycles. The van der Waals surface area contributed by atoms with E-state index in [0.29, 0.717) is 5.82 Å². The molecule has 2 aromatic rings. The third-order valence-electron chi connectivity index (χ3n) is 2.20. The third-order valence-corrected chi connectivity index (χ3v) is 2.20. The first-order valence-corrected chi connectivity index (χ1v) is 4.54. The van der Waals surface area contributed by atoms with Gasteiger partial charge in [0.1, 0.15) is 5.82 Å². The summed E-state index contributed by atoms with van der Waals surface area (Å²) in [7, 11) is 1.68. The van der Waals surface area contributed by atoms with Crippen molar-refractivity contribution in [2.75, 3.05) is 0 Å². The van der Waals surface area contributed by atoms with E-state index in [1.54, 1.807) is 13.1 Å². The number of aromatic carboxylic acids is 1. The second-order valence-corrected chi connectivity index (χ2v) is 3.24. The summed E-state index contributed by atoms with van der Waals surface area (Å²) < 4.78 is 2.74. The van der Waals surface area contributed by atoms with Gasteiger partial charge in [-0.2, -0.15) is 5.10 Å². The summed E-state index contributed by atoms with van der Waals surface area (Å²) in [6.07, 6.45) is 2.82. The van der Waals surface area contributed by atoms with Crippen LogP contribution in [0, 0.1) is 0 Å². The van der Waals surface area contributed by atoms with Gasteiger partial charge in [-0.25, -0.2) is 4.79 Å². The number of hydrogen-bond donors (Lipinski definition) is 1. The minimum atomic E-state index is -1.07. The largest absolute Gasteiger partial charge is 0.478 e. The van der Waals surface area contributed by atoms with Crippen LogP contribution in [-0.4, -0.2) is 25.4 Å².